The monoisotopic (exact) mass is 324 g/mol. The number of aliphatic carboxylic acids is 1. The van der Waals surface area contributed by atoms with Crippen molar-refractivity contribution in [2.45, 2.75) is 12.6 Å². The van der Waals surface area contributed by atoms with Crippen molar-refractivity contribution in [2.24, 2.45) is 0 Å². The minimum Gasteiger partial charge on any atom is -0.481 e. The van der Waals surface area contributed by atoms with E-state index < -0.39 is 53.1 Å². The van der Waals surface area contributed by atoms with E-state index in [9.17, 15) is 37.3 Å². The van der Waals surface area contributed by atoms with Crippen molar-refractivity contribution < 1.29 is 37.2 Å². The van der Waals surface area contributed by atoms with Crippen LogP contribution < -0.4 is 4.90 Å². The lowest BCUT2D eigenvalue weighted by atomic mass is 10.2. The summed E-state index contributed by atoms with van der Waals surface area (Å²) in [7, 11) is 0. The molecule has 0 aliphatic heterocycles. The predicted octanol–water partition coefficient (Wildman–Crippen LogP) is 2.10. The number of halogens is 4. The van der Waals surface area contributed by atoms with Crippen LogP contribution in [0.2, 0.25) is 0 Å². The fourth-order valence-corrected chi connectivity index (χ4v) is 1.56. The number of hydrogen-bond acceptors (Lipinski definition) is 4. The topological polar surface area (TPSA) is 101 Å². The van der Waals surface area contributed by atoms with Crippen molar-refractivity contribution in [1.82, 2.24) is 0 Å². The molecule has 7 nitrogen and oxygen atoms in total. The van der Waals surface area contributed by atoms with Crippen molar-refractivity contribution in [3.05, 3.63) is 34.1 Å². The first-order valence-electron chi connectivity index (χ1n) is 5.58. The number of anilines is 1. The van der Waals surface area contributed by atoms with E-state index in [1.165, 1.54) is 0 Å². The average molecular weight is 324 g/mol. The Hall–Kier alpha value is -2.72. The van der Waals surface area contributed by atoms with Gasteiger partial charge in [-0.25, -0.2) is 4.39 Å². The van der Waals surface area contributed by atoms with Crippen LogP contribution in [-0.4, -0.2) is 34.6 Å². The number of rotatable bonds is 5. The van der Waals surface area contributed by atoms with Crippen LogP contribution in [0.3, 0.4) is 0 Å². The Morgan fingerprint density at radius 2 is 1.91 bits per heavy atom. The van der Waals surface area contributed by atoms with Crippen LogP contribution >= 0.6 is 0 Å². The summed E-state index contributed by atoms with van der Waals surface area (Å²) in [4.78, 5) is 31.3. The molecule has 0 aliphatic carbocycles. The molecule has 0 aromatic heterocycles. The maximum absolute atomic E-state index is 13.0. The van der Waals surface area contributed by atoms with Gasteiger partial charge in [0.15, 0.2) is 0 Å². The van der Waals surface area contributed by atoms with Crippen LogP contribution in [0.15, 0.2) is 18.2 Å². The number of carboxylic acid groups (broad SMARTS) is 1. The zero-order valence-corrected chi connectivity index (χ0v) is 10.6. The molecule has 1 amide bonds. The average Bonchev–Trinajstić information content (AvgIpc) is 2.38. The minimum absolute atomic E-state index is 0.105. The lowest BCUT2D eigenvalue weighted by Crippen LogP contribution is -2.42. The highest BCUT2D eigenvalue weighted by atomic mass is 19.4. The Labute approximate surface area is 119 Å². The Balaban J connectivity index is 3.35. The highest BCUT2D eigenvalue weighted by Crippen LogP contribution is 2.32. The van der Waals surface area contributed by atoms with E-state index in [0.717, 1.165) is 0 Å². The number of nitro benzene ring substituents is 1. The first-order chi connectivity index (χ1) is 10.0. The third-order valence-corrected chi connectivity index (χ3v) is 2.46. The number of nitro groups is 1. The van der Waals surface area contributed by atoms with Gasteiger partial charge in [0, 0.05) is 6.54 Å². The second-order valence-corrected chi connectivity index (χ2v) is 3.99. The second-order valence-electron chi connectivity index (χ2n) is 3.99. The van der Waals surface area contributed by atoms with Gasteiger partial charge in [0.25, 0.3) is 5.69 Å². The molecule has 0 fully saturated rings. The number of hydrogen-bond donors (Lipinski definition) is 1. The molecule has 0 saturated carbocycles. The number of benzene rings is 1. The molecule has 0 heterocycles. The normalized spacial score (nSPS) is 11.1. The van der Waals surface area contributed by atoms with Gasteiger partial charge in [-0.3, -0.25) is 24.6 Å². The Bertz CT molecular complexity index is 617. The van der Waals surface area contributed by atoms with E-state index in [4.69, 9.17) is 5.11 Å². The molecule has 1 N–H and O–H groups in total. The van der Waals surface area contributed by atoms with E-state index in [1.807, 2.05) is 0 Å². The fraction of sp³-hybridized carbons (Fsp3) is 0.273. The standard InChI is InChI=1S/C11H8F4N2O5/c12-6-1-2-7(8(5-6)17(21)22)16(4-3-9(18)19)10(20)11(13,14)15/h1-2,5H,3-4H2,(H,18,19). The molecule has 0 bridgehead atoms. The van der Waals surface area contributed by atoms with Crippen molar-refractivity contribution in [2.75, 3.05) is 11.4 Å². The molecule has 0 unspecified atom stereocenters. The maximum atomic E-state index is 13.0. The van der Waals surface area contributed by atoms with E-state index in [2.05, 4.69) is 0 Å². The van der Waals surface area contributed by atoms with Gasteiger partial charge >= 0.3 is 18.1 Å². The van der Waals surface area contributed by atoms with Crippen LogP contribution in [0, 0.1) is 15.9 Å². The minimum atomic E-state index is -5.37. The number of carbonyl (C=O) groups is 2. The van der Waals surface area contributed by atoms with Gasteiger partial charge in [0.05, 0.1) is 17.4 Å². The van der Waals surface area contributed by atoms with Crippen LogP contribution in [0.1, 0.15) is 6.42 Å². The van der Waals surface area contributed by atoms with Crippen molar-refractivity contribution >= 4 is 23.3 Å². The highest BCUT2D eigenvalue weighted by molar-refractivity contribution is 5.99. The molecule has 0 spiro atoms. The van der Waals surface area contributed by atoms with Gasteiger partial charge in [0.2, 0.25) is 0 Å². The number of amides is 1. The van der Waals surface area contributed by atoms with E-state index in [0.29, 0.717) is 18.2 Å². The lowest BCUT2D eigenvalue weighted by molar-refractivity contribution is -0.384. The van der Waals surface area contributed by atoms with Crippen LogP contribution in [0.25, 0.3) is 0 Å². The Morgan fingerprint density at radius 3 is 2.36 bits per heavy atom. The lowest BCUT2D eigenvalue weighted by Gasteiger charge is -2.22. The van der Waals surface area contributed by atoms with Gasteiger partial charge in [0.1, 0.15) is 11.5 Å². The molecular formula is C11H8F4N2O5. The van der Waals surface area contributed by atoms with Gasteiger partial charge in [-0.2, -0.15) is 13.2 Å². The largest absolute Gasteiger partial charge is 0.481 e. The summed E-state index contributed by atoms with van der Waals surface area (Å²) in [6.07, 6.45) is -6.25. The molecule has 0 radical (unpaired) electrons. The molecule has 0 saturated heterocycles. The van der Waals surface area contributed by atoms with Crippen molar-refractivity contribution in [3.63, 3.8) is 0 Å². The van der Waals surface area contributed by atoms with Gasteiger partial charge in [-0.05, 0) is 12.1 Å². The molecule has 1 aromatic carbocycles. The van der Waals surface area contributed by atoms with E-state index in [-0.39, 0.29) is 4.90 Å². The van der Waals surface area contributed by atoms with Crippen LogP contribution in [0.5, 0.6) is 0 Å². The number of carboxylic acids is 1. The van der Waals surface area contributed by atoms with Gasteiger partial charge in [-0.1, -0.05) is 0 Å². The van der Waals surface area contributed by atoms with Crippen LogP contribution in [-0.2, 0) is 9.59 Å². The first kappa shape index (κ1) is 17.3. The maximum Gasteiger partial charge on any atom is 0.471 e. The molecule has 120 valence electrons. The highest BCUT2D eigenvalue weighted by Gasteiger charge is 2.44. The third kappa shape index (κ3) is 4.14. The quantitative estimate of drug-likeness (QED) is 0.508. The summed E-state index contributed by atoms with van der Waals surface area (Å²) in [6.45, 7) is -0.958. The van der Waals surface area contributed by atoms with Gasteiger partial charge < -0.3 is 5.11 Å². The second kappa shape index (κ2) is 6.37. The Kier molecular flexibility index (Phi) is 5.02. The summed E-state index contributed by atoms with van der Waals surface area (Å²) in [5.74, 6) is -5.08. The molecule has 1 rings (SSSR count). The fourth-order valence-electron chi connectivity index (χ4n) is 1.56. The first-order valence-corrected chi connectivity index (χ1v) is 5.58. The molecular weight excluding hydrogens is 316 g/mol. The Morgan fingerprint density at radius 1 is 1.32 bits per heavy atom. The zero-order chi connectivity index (χ0) is 17.1. The number of nitrogens with zero attached hydrogens (tertiary/aromatic N) is 2. The summed E-state index contributed by atoms with van der Waals surface area (Å²) in [6, 6.07) is 1.57. The molecule has 11 heteroatoms. The molecule has 0 aliphatic rings. The van der Waals surface area contributed by atoms with Crippen molar-refractivity contribution in [1.29, 1.82) is 0 Å². The van der Waals surface area contributed by atoms with Crippen LogP contribution in [0.4, 0.5) is 28.9 Å². The zero-order valence-electron chi connectivity index (χ0n) is 10.6. The number of alkyl halides is 3. The molecule has 22 heavy (non-hydrogen) atoms. The summed E-state index contributed by atoms with van der Waals surface area (Å²) >= 11 is 0. The van der Waals surface area contributed by atoms with Crippen molar-refractivity contribution in [3.8, 4) is 0 Å². The third-order valence-electron chi connectivity index (χ3n) is 2.46. The smallest absolute Gasteiger partial charge is 0.471 e. The summed E-state index contributed by atoms with van der Waals surface area (Å²) in [5.41, 5.74) is -1.92. The van der Waals surface area contributed by atoms with E-state index in [1.54, 1.807) is 0 Å². The molecule has 1 aromatic rings. The molecule has 0 atom stereocenters. The SMILES string of the molecule is O=C(O)CCN(C(=O)C(F)(F)F)c1ccc(F)cc1[N+](=O)[O-]. The van der Waals surface area contributed by atoms with Gasteiger partial charge in [-0.15, -0.1) is 0 Å². The summed E-state index contributed by atoms with van der Waals surface area (Å²) in [5, 5.41) is 19.3. The summed E-state index contributed by atoms with van der Waals surface area (Å²) < 4.78 is 50.6. The predicted molar refractivity (Wildman–Crippen MR) is 63.7 cm³/mol. The number of carbonyl (C=O) groups excluding carboxylic acids is 1. The van der Waals surface area contributed by atoms with E-state index >= 15 is 0 Å².